The van der Waals surface area contributed by atoms with Crippen LogP contribution in [0.25, 0.3) is 11.2 Å². The minimum atomic E-state index is -0.432. The summed E-state index contributed by atoms with van der Waals surface area (Å²) in [4.78, 5) is 43.0. The zero-order valence-electron chi connectivity index (χ0n) is 14.5. The Morgan fingerprint density at radius 2 is 1.79 bits per heavy atom. The quantitative estimate of drug-likeness (QED) is 0.771. The monoisotopic (exact) mass is 333 g/mol. The Bertz CT molecular complexity index is 897. The number of aromatic nitrogens is 4. The molecular formula is C16H23N5O3. The van der Waals surface area contributed by atoms with Crippen LogP contribution in [0.2, 0.25) is 0 Å². The fourth-order valence-electron chi connectivity index (χ4n) is 3.63. The van der Waals surface area contributed by atoms with E-state index in [0.717, 1.165) is 24.1 Å². The summed E-state index contributed by atoms with van der Waals surface area (Å²) >= 11 is 0. The van der Waals surface area contributed by atoms with E-state index in [1.54, 1.807) is 11.6 Å². The van der Waals surface area contributed by atoms with Crippen LogP contribution in [0.3, 0.4) is 0 Å². The number of likely N-dealkylation sites (tertiary alicyclic amines) is 1. The third-order valence-corrected chi connectivity index (χ3v) is 4.74. The highest BCUT2D eigenvalue weighted by Gasteiger charge is 2.26. The van der Waals surface area contributed by atoms with E-state index in [0.29, 0.717) is 17.5 Å². The summed E-state index contributed by atoms with van der Waals surface area (Å²) < 4.78 is 3.90. The van der Waals surface area contributed by atoms with E-state index in [1.165, 1.54) is 17.9 Å². The number of carbonyl (C=O) groups excluding carboxylic acids is 1. The van der Waals surface area contributed by atoms with Crippen molar-refractivity contribution in [2.75, 3.05) is 13.1 Å². The smallest absolute Gasteiger partial charge is 0.332 e. The molecule has 0 N–H and O–H groups in total. The highest BCUT2D eigenvalue weighted by Crippen LogP contribution is 2.21. The van der Waals surface area contributed by atoms with E-state index in [-0.39, 0.29) is 18.0 Å². The van der Waals surface area contributed by atoms with Crippen LogP contribution in [0, 0.1) is 11.8 Å². The lowest BCUT2D eigenvalue weighted by atomic mass is 9.92. The molecule has 24 heavy (non-hydrogen) atoms. The lowest BCUT2D eigenvalue weighted by Crippen LogP contribution is -2.44. The van der Waals surface area contributed by atoms with Crippen molar-refractivity contribution >= 4 is 17.1 Å². The topological polar surface area (TPSA) is 82.1 Å². The van der Waals surface area contributed by atoms with Gasteiger partial charge in [-0.05, 0) is 18.3 Å². The number of carbonyl (C=O) groups is 1. The standard InChI is InChI=1S/C16H23N5O3/c1-10-5-11(2)7-20(6-10)12(22)8-21-9-17-14-13(21)15(23)19(4)16(24)18(14)3/h9-11H,5-8H2,1-4H3/t10-,11+. The summed E-state index contributed by atoms with van der Waals surface area (Å²) in [7, 11) is 2.99. The predicted octanol–water partition coefficient (Wildman–Crippen LogP) is -0.0618. The molecule has 3 rings (SSSR count). The van der Waals surface area contributed by atoms with Crippen LogP contribution >= 0.6 is 0 Å². The Labute approximate surface area is 139 Å². The van der Waals surface area contributed by atoms with E-state index in [4.69, 9.17) is 0 Å². The van der Waals surface area contributed by atoms with Gasteiger partial charge in [0.15, 0.2) is 11.2 Å². The minimum absolute atomic E-state index is 0.0244. The first kappa shape index (κ1) is 16.5. The third-order valence-electron chi connectivity index (χ3n) is 4.74. The van der Waals surface area contributed by atoms with Gasteiger partial charge in [0, 0.05) is 27.2 Å². The number of nitrogens with zero attached hydrogens (tertiary/aromatic N) is 5. The number of hydrogen-bond donors (Lipinski definition) is 0. The van der Waals surface area contributed by atoms with Gasteiger partial charge in [-0.1, -0.05) is 13.8 Å². The van der Waals surface area contributed by atoms with Gasteiger partial charge in [-0.3, -0.25) is 18.7 Å². The molecule has 1 aliphatic rings. The molecule has 130 valence electrons. The van der Waals surface area contributed by atoms with Gasteiger partial charge in [-0.25, -0.2) is 9.78 Å². The van der Waals surface area contributed by atoms with Crippen molar-refractivity contribution in [3.8, 4) is 0 Å². The molecule has 0 aromatic carbocycles. The van der Waals surface area contributed by atoms with E-state index < -0.39 is 11.2 Å². The van der Waals surface area contributed by atoms with Crippen LogP contribution in [0.15, 0.2) is 15.9 Å². The summed E-state index contributed by atoms with van der Waals surface area (Å²) in [5.41, 5.74) is -0.274. The molecule has 1 fully saturated rings. The fourth-order valence-corrected chi connectivity index (χ4v) is 3.63. The Morgan fingerprint density at radius 1 is 1.17 bits per heavy atom. The number of aryl methyl sites for hydroxylation is 1. The first-order chi connectivity index (χ1) is 11.3. The van der Waals surface area contributed by atoms with Crippen molar-refractivity contribution in [2.45, 2.75) is 26.8 Å². The van der Waals surface area contributed by atoms with Gasteiger partial charge in [0.1, 0.15) is 6.54 Å². The molecule has 0 unspecified atom stereocenters. The van der Waals surface area contributed by atoms with E-state index in [9.17, 15) is 14.4 Å². The molecule has 1 saturated heterocycles. The Morgan fingerprint density at radius 3 is 2.42 bits per heavy atom. The average molecular weight is 333 g/mol. The molecule has 1 amide bonds. The molecule has 2 aromatic heterocycles. The Kier molecular flexibility index (Phi) is 4.06. The number of amides is 1. The largest absolute Gasteiger partial charge is 0.341 e. The summed E-state index contributed by atoms with van der Waals surface area (Å²) in [6.45, 7) is 5.84. The average Bonchev–Trinajstić information content (AvgIpc) is 2.93. The summed E-state index contributed by atoms with van der Waals surface area (Å²) in [5.74, 6) is 0.931. The minimum Gasteiger partial charge on any atom is -0.341 e. The van der Waals surface area contributed by atoms with Gasteiger partial charge in [0.2, 0.25) is 5.91 Å². The van der Waals surface area contributed by atoms with Crippen molar-refractivity contribution in [1.29, 1.82) is 0 Å². The Balaban J connectivity index is 1.95. The van der Waals surface area contributed by atoms with Gasteiger partial charge < -0.3 is 9.47 Å². The number of hydrogen-bond acceptors (Lipinski definition) is 4. The van der Waals surface area contributed by atoms with E-state index >= 15 is 0 Å². The van der Waals surface area contributed by atoms with Crippen molar-refractivity contribution < 1.29 is 4.79 Å². The maximum atomic E-state index is 12.6. The van der Waals surface area contributed by atoms with E-state index in [2.05, 4.69) is 18.8 Å². The second-order valence-corrected chi connectivity index (χ2v) is 7.00. The van der Waals surface area contributed by atoms with Crippen molar-refractivity contribution in [3.05, 3.63) is 27.2 Å². The lowest BCUT2D eigenvalue weighted by Gasteiger charge is -2.35. The summed E-state index contributed by atoms with van der Waals surface area (Å²) in [6.07, 6.45) is 2.58. The zero-order chi connectivity index (χ0) is 17.6. The van der Waals surface area contributed by atoms with Crippen molar-refractivity contribution in [2.24, 2.45) is 25.9 Å². The molecule has 1 aliphatic heterocycles. The van der Waals surface area contributed by atoms with Crippen molar-refractivity contribution in [3.63, 3.8) is 0 Å². The van der Waals surface area contributed by atoms with Crippen LogP contribution in [0.5, 0.6) is 0 Å². The second kappa shape index (κ2) is 5.92. The highest BCUT2D eigenvalue weighted by atomic mass is 16.2. The SMILES string of the molecule is C[C@@H]1C[C@H](C)CN(C(=O)Cn2cnc3c2c(=O)n(C)c(=O)n3C)C1. The van der Waals surface area contributed by atoms with Gasteiger partial charge in [0.25, 0.3) is 5.56 Å². The molecule has 8 heteroatoms. The van der Waals surface area contributed by atoms with E-state index in [1.807, 2.05) is 4.90 Å². The molecule has 0 radical (unpaired) electrons. The van der Waals surface area contributed by atoms with Gasteiger partial charge in [0.05, 0.1) is 6.33 Å². The normalized spacial score (nSPS) is 21.4. The first-order valence-electron chi connectivity index (χ1n) is 8.18. The zero-order valence-corrected chi connectivity index (χ0v) is 14.5. The molecule has 0 aliphatic carbocycles. The number of rotatable bonds is 2. The van der Waals surface area contributed by atoms with Crippen LogP contribution < -0.4 is 11.2 Å². The van der Waals surface area contributed by atoms with Crippen molar-refractivity contribution in [1.82, 2.24) is 23.6 Å². The number of fused-ring (bicyclic) bond motifs is 1. The second-order valence-electron chi connectivity index (χ2n) is 7.00. The van der Waals surface area contributed by atoms with Gasteiger partial charge in [-0.15, -0.1) is 0 Å². The molecule has 2 atom stereocenters. The van der Waals surface area contributed by atoms with Gasteiger partial charge in [-0.2, -0.15) is 0 Å². The molecule has 0 saturated carbocycles. The predicted molar refractivity (Wildman–Crippen MR) is 89.7 cm³/mol. The lowest BCUT2D eigenvalue weighted by molar-refractivity contribution is -0.134. The molecule has 0 bridgehead atoms. The maximum Gasteiger partial charge on any atom is 0.332 e. The van der Waals surface area contributed by atoms with Gasteiger partial charge >= 0.3 is 5.69 Å². The first-order valence-corrected chi connectivity index (χ1v) is 8.18. The number of imidazole rings is 1. The molecule has 0 spiro atoms. The fraction of sp³-hybridized carbons (Fsp3) is 0.625. The molecule has 2 aromatic rings. The molecule has 8 nitrogen and oxygen atoms in total. The number of piperidine rings is 1. The van der Waals surface area contributed by atoms with Crippen LogP contribution in [-0.2, 0) is 25.4 Å². The van der Waals surface area contributed by atoms with Crippen LogP contribution in [0.1, 0.15) is 20.3 Å². The van der Waals surface area contributed by atoms with Crippen LogP contribution in [0.4, 0.5) is 0 Å². The Hall–Kier alpha value is -2.38. The third kappa shape index (κ3) is 2.65. The van der Waals surface area contributed by atoms with Crippen LogP contribution in [-0.4, -0.2) is 42.6 Å². The highest BCUT2D eigenvalue weighted by molar-refractivity contribution is 5.79. The summed E-state index contributed by atoms with van der Waals surface area (Å²) in [5, 5.41) is 0. The molecule has 3 heterocycles. The molecular weight excluding hydrogens is 310 g/mol. The summed E-state index contributed by atoms with van der Waals surface area (Å²) in [6, 6.07) is 0. The maximum absolute atomic E-state index is 12.6.